The van der Waals surface area contributed by atoms with Gasteiger partial charge in [0.05, 0.1) is 23.9 Å². The van der Waals surface area contributed by atoms with Gasteiger partial charge in [0.25, 0.3) is 5.91 Å². The molecule has 3 amide bonds. The Hall–Kier alpha value is -3.51. The van der Waals surface area contributed by atoms with E-state index in [0.717, 1.165) is 9.80 Å². The molecule has 0 aromatic heterocycles. The van der Waals surface area contributed by atoms with Gasteiger partial charge >= 0.3 is 6.03 Å². The normalized spacial score (nSPS) is 15.9. The second kappa shape index (κ2) is 9.10. The number of hydrogen-bond donors (Lipinski definition) is 1. The third kappa shape index (κ3) is 4.81. The molecule has 8 nitrogen and oxygen atoms in total. The number of ether oxygens (including phenoxy) is 1. The Bertz CT molecular complexity index is 1040. The predicted molar refractivity (Wildman–Crippen MR) is 117 cm³/mol. The van der Waals surface area contributed by atoms with Gasteiger partial charge in [-0.2, -0.15) is 5.26 Å². The van der Waals surface area contributed by atoms with E-state index < -0.39 is 11.6 Å². The Morgan fingerprint density at radius 3 is 2.19 bits per heavy atom. The molecule has 0 aliphatic carbocycles. The number of urea groups is 1. The standard InChI is InChI=1S/C22H22N4O4S/c1-22(2)20(27)26(21(28)25(22)3)13-16(24-29)14-31-19-10-8-18(9-11-19)30-17-6-4-15(12-23)5-7-17/h4-11,29H,13-14H2,1-3H3/b24-16+. The third-order valence-electron chi connectivity index (χ3n) is 5.06. The Balaban J connectivity index is 1.57. The van der Waals surface area contributed by atoms with Crippen molar-refractivity contribution in [1.29, 1.82) is 5.26 Å². The highest BCUT2D eigenvalue weighted by molar-refractivity contribution is 8.00. The van der Waals surface area contributed by atoms with Gasteiger partial charge in [-0.1, -0.05) is 5.16 Å². The zero-order chi connectivity index (χ0) is 22.6. The Kier molecular flexibility index (Phi) is 6.51. The number of rotatable bonds is 7. The first-order chi connectivity index (χ1) is 14.8. The summed E-state index contributed by atoms with van der Waals surface area (Å²) in [5.74, 6) is 1.26. The molecule has 0 saturated carbocycles. The lowest BCUT2D eigenvalue weighted by molar-refractivity contribution is -0.131. The van der Waals surface area contributed by atoms with Crippen LogP contribution < -0.4 is 4.74 Å². The fourth-order valence-corrected chi connectivity index (χ4v) is 3.72. The number of oxime groups is 1. The maximum Gasteiger partial charge on any atom is 0.327 e. The molecule has 3 rings (SSSR count). The molecule has 0 spiro atoms. The topological polar surface area (TPSA) is 106 Å². The van der Waals surface area contributed by atoms with Crippen LogP contribution in [0.1, 0.15) is 19.4 Å². The summed E-state index contributed by atoms with van der Waals surface area (Å²) in [6.07, 6.45) is 0. The Morgan fingerprint density at radius 1 is 1.13 bits per heavy atom. The van der Waals surface area contributed by atoms with Gasteiger partial charge < -0.3 is 14.8 Å². The second-order valence-corrected chi connectivity index (χ2v) is 8.51. The smallest absolute Gasteiger partial charge is 0.327 e. The molecule has 1 N–H and O–H groups in total. The van der Waals surface area contributed by atoms with Gasteiger partial charge in [-0.25, -0.2) is 4.79 Å². The van der Waals surface area contributed by atoms with Crippen LogP contribution in [0.5, 0.6) is 11.5 Å². The number of carbonyl (C=O) groups excluding carboxylic acids is 2. The van der Waals surface area contributed by atoms with E-state index in [1.54, 1.807) is 57.3 Å². The first kappa shape index (κ1) is 22.2. The van der Waals surface area contributed by atoms with Crippen molar-refractivity contribution in [3.63, 3.8) is 0 Å². The summed E-state index contributed by atoms with van der Waals surface area (Å²) in [6.45, 7) is 3.30. The van der Waals surface area contributed by atoms with E-state index in [2.05, 4.69) is 11.2 Å². The van der Waals surface area contributed by atoms with Crippen LogP contribution in [0, 0.1) is 11.3 Å². The molecule has 0 radical (unpaired) electrons. The first-order valence-corrected chi connectivity index (χ1v) is 10.4. The molecule has 2 aromatic rings. The first-order valence-electron chi connectivity index (χ1n) is 9.46. The quantitative estimate of drug-likeness (QED) is 0.231. The molecule has 2 aromatic carbocycles. The fourth-order valence-electron chi connectivity index (χ4n) is 2.91. The van der Waals surface area contributed by atoms with Crippen molar-refractivity contribution < 1.29 is 19.5 Å². The van der Waals surface area contributed by atoms with Crippen LogP contribution in [0.15, 0.2) is 58.6 Å². The van der Waals surface area contributed by atoms with E-state index in [0.29, 0.717) is 28.5 Å². The minimum Gasteiger partial charge on any atom is -0.457 e. The van der Waals surface area contributed by atoms with Gasteiger partial charge in [-0.15, -0.1) is 11.8 Å². The minimum absolute atomic E-state index is 0.0607. The van der Waals surface area contributed by atoms with E-state index in [1.807, 2.05) is 12.1 Å². The van der Waals surface area contributed by atoms with Gasteiger partial charge in [0.1, 0.15) is 17.0 Å². The number of likely N-dealkylation sites (N-methyl/N-ethyl adjacent to an activating group) is 1. The van der Waals surface area contributed by atoms with Crippen LogP contribution >= 0.6 is 11.8 Å². The fraction of sp³-hybridized carbons (Fsp3) is 0.273. The summed E-state index contributed by atoms with van der Waals surface area (Å²) in [7, 11) is 1.58. The summed E-state index contributed by atoms with van der Waals surface area (Å²) >= 11 is 1.41. The highest BCUT2D eigenvalue weighted by Crippen LogP contribution is 2.28. The molecule has 160 valence electrons. The molecule has 0 unspecified atom stereocenters. The number of nitriles is 1. The molecular weight excluding hydrogens is 416 g/mol. The number of benzene rings is 2. The molecule has 1 aliphatic rings. The van der Waals surface area contributed by atoms with Gasteiger partial charge in [-0.05, 0) is 62.4 Å². The molecule has 1 saturated heterocycles. The van der Waals surface area contributed by atoms with E-state index in [9.17, 15) is 14.8 Å². The molecule has 1 fully saturated rings. The van der Waals surface area contributed by atoms with Crippen molar-refractivity contribution in [3.05, 3.63) is 54.1 Å². The average molecular weight is 439 g/mol. The zero-order valence-corrected chi connectivity index (χ0v) is 18.2. The van der Waals surface area contributed by atoms with Gasteiger partial charge in [-0.3, -0.25) is 9.69 Å². The molecule has 1 aliphatic heterocycles. The van der Waals surface area contributed by atoms with Crippen molar-refractivity contribution >= 4 is 29.4 Å². The van der Waals surface area contributed by atoms with Crippen LogP contribution in [0.2, 0.25) is 0 Å². The number of imide groups is 1. The molecular formula is C22H22N4O4S. The van der Waals surface area contributed by atoms with E-state index in [1.165, 1.54) is 16.7 Å². The highest BCUT2D eigenvalue weighted by atomic mass is 32.2. The SMILES string of the molecule is CN1C(=O)N(C/C(CSc2ccc(Oc3ccc(C#N)cc3)cc2)=N\O)C(=O)C1(C)C. The van der Waals surface area contributed by atoms with E-state index in [-0.39, 0.29) is 12.5 Å². The van der Waals surface area contributed by atoms with Crippen LogP contribution in [0.4, 0.5) is 4.79 Å². The number of carbonyl (C=O) groups is 2. The third-order valence-corrected chi connectivity index (χ3v) is 6.14. The summed E-state index contributed by atoms with van der Waals surface area (Å²) in [5, 5.41) is 21.5. The minimum atomic E-state index is -0.921. The zero-order valence-electron chi connectivity index (χ0n) is 17.4. The number of amides is 3. The number of thioether (sulfide) groups is 1. The van der Waals surface area contributed by atoms with Gasteiger partial charge in [0.15, 0.2) is 0 Å². The lowest BCUT2D eigenvalue weighted by Crippen LogP contribution is -2.42. The Labute approximate surface area is 184 Å². The maximum absolute atomic E-state index is 12.5. The molecule has 31 heavy (non-hydrogen) atoms. The van der Waals surface area contributed by atoms with Gasteiger partial charge in [0.2, 0.25) is 0 Å². The summed E-state index contributed by atoms with van der Waals surface area (Å²) < 4.78 is 5.75. The largest absolute Gasteiger partial charge is 0.457 e. The van der Waals surface area contributed by atoms with Crippen molar-refractivity contribution in [3.8, 4) is 17.6 Å². The van der Waals surface area contributed by atoms with Crippen LogP contribution in [0.25, 0.3) is 0 Å². The van der Waals surface area contributed by atoms with E-state index >= 15 is 0 Å². The predicted octanol–water partition coefficient (Wildman–Crippen LogP) is 3.95. The molecule has 0 bridgehead atoms. The van der Waals surface area contributed by atoms with Crippen LogP contribution in [-0.4, -0.2) is 57.5 Å². The maximum atomic E-state index is 12.5. The Morgan fingerprint density at radius 2 is 1.71 bits per heavy atom. The molecule has 1 heterocycles. The van der Waals surface area contributed by atoms with Crippen LogP contribution in [0.3, 0.4) is 0 Å². The van der Waals surface area contributed by atoms with Gasteiger partial charge in [0, 0.05) is 17.7 Å². The monoisotopic (exact) mass is 438 g/mol. The number of hydrogen-bond acceptors (Lipinski definition) is 7. The summed E-state index contributed by atoms with van der Waals surface area (Å²) in [4.78, 5) is 28.2. The second-order valence-electron chi connectivity index (χ2n) is 7.46. The highest BCUT2D eigenvalue weighted by Gasteiger charge is 2.49. The average Bonchev–Trinajstić information content (AvgIpc) is 2.92. The van der Waals surface area contributed by atoms with Crippen molar-refractivity contribution in [2.75, 3.05) is 19.3 Å². The molecule has 0 atom stereocenters. The van der Waals surface area contributed by atoms with E-state index in [4.69, 9.17) is 10.00 Å². The van der Waals surface area contributed by atoms with Crippen molar-refractivity contribution in [1.82, 2.24) is 9.80 Å². The summed E-state index contributed by atoms with van der Waals surface area (Å²) in [6, 6.07) is 15.8. The molecule has 9 heteroatoms. The van der Waals surface area contributed by atoms with Crippen LogP contribution in [-0.2, 0) is 4.79 Å². The van der Waals surface area contributed by atoms with Crippen molar-refractivity contribution in [2.45, 2.75) is 24.3 Å². The lowest BCUT2D eigenvalue weighted by Gasteiger charge is -2.22. The number of nitrogens with zero attached hydrogens (tertiary/aromatic N) is 4. The van der Waals surface area contributed by atoms with Crippen molar-refractivity contribution in [2.24, 2.45) is 5.16 Å². The lowest BCUT2D eigenvalue weighted by atomic mass is 10.1. The summed E-state index contributed by atoms with van der Waals surface area (Å²) in [5.41, 5.74) is -0.0427.